The Hall–Kier alpha value is -7.62. The zero-order chi connectivity index (χ0) is 32.9. The highest BCUT2D eigenvalue weighted by molar-refractivity contribution is 5.70. The maximum Gasteiger partial charge on any atom is 0.165 e. The molecule has 48 heavy (non-hydrogen) atoms. The van der Waals surface area contributed by atoms with Crippen molar-refractivity contribution in [1.29, 1.82) is 15.8 Å². The number of pyridine rings is 6. The Labute approximate surface area is 273 Å². The van der Waals surface area contributed by atoms with Crippen molar-refractivity contribution in [2.45, 2.75) is 0 Å². The van der Waals surface area contributed by atoms with Crippen LogP contribution in [-0.4, -0.2) is 44.9 Å². The largest absolute Gasteiger partial charge is 0.255 e. The van der Waals surface area contributed by atoms with Crippen molar-refractivity contribution < 1.29 is 0 Å². The Balaban J connectivity index is 1.28. The van der Waals surface area contributed by atoms with E-state index in [9.17, 15) is 15.8 Å². The molecule has 0 aliphatic carbocycles. The lowest BCUT2D eigenvalue weighted by Crippen LogP contribution is -2.01. The van der Waals surface area contributed by atoms with Crippen LogP contribution in [0.4, 0.5) is 0 Å². The summed E-state index contributed by atoms with van der Waals surface area (Å²) in [6.45, 7) is 0. The van der Waals surface area contributed by atoms with E-state index >= 15 is 0 Å². The zero-order valence-electron chi connectivity index (χ0n) is 24.8. The van der Waals surface area contributed by atoms with E-state index in [1.165, 1.54) is 0 Å². The summed E-state index contributed by atoms with van der Waals surface area (Å²) in [5.74, 6) is 1.15. The minimum absolute atomic E-state index is 0.299. The molecule has 0 fully saturated rings. The van der Waals surface area contributed by atoms with Crippen LogP contribution in [0.15, 0.2) is 110 Å². The van der Waals surface area contributed by atoms with Gasteiger partial charge in [-0.25, -0.2) is 29.9 Å². The molecule has 0 radical (unpaired) electrons. The van der Waals surface area contributed by atoms with Crippen LogP contribution in [0, 0.1) is 34.0 Å². The van der Waals surface area contributed by atoms with Crippen LogP contribution in [0.2, 0.25) is 0 Å². The second kappa shape index (κ2) is 12.8. The molecule has 0 saturated carbocycles. The van der Waals surface area contributed by atoms with Gasteiger partial charge in [-0.1, -0.05) is 0 Å². The predicted octanol–water partition coefficient (Wildman–Crippen LogP) is 5.86. The van der Waals surface area contributed by atoms with Gasteiger partial charge in [-0.15, -0.1) is 0 Å². The van der Waals surface area contributed by atoms with E-state index in [1.807, 2.05) is 54.6 Å². The summed E-state index contributed by atoms with van der Waals surface area (Å²) in [6.07, 6.45) is 9.71. The van der Waals surface area contributed by atoms with Crippen LogP contribution in [0.5, 0.6) is 0 Å². The molecule has 7 heterocycles. The third-order valence-electron chi connectivity index (χ3n) is 7.21. The molecular weight excluding hydrogens is 600 g/mol. The summed E-state index contributed by atoms with van der Waals surface area (Å²) in [6, 6.07) is 27.6. The van der Waals surface area contributed by atoms with Crippen LogP contribution in [0.1, 0.15) is 17.1 Å². The third-order valence-corrected chi connectivity index (χ3v) is 7.21. The maximum atomic E-state index is 9.24. The van der Waals surface area contributed by atoms with Crippen molar-refractivity contribution in [3.63, 3.8) is 0 Å². The molecule has 0 saturated heterocycles. The standard InChI is InChI=1S/C36H18N12/c37-16-28-13-22(7-10-40-28)31-4-1-25(19-43-31)34-46-35(26-2-5-32(44-20-26)23-8-11-41-29(14-23)17-38)48-36(47-34)27-3-6-33(45-21-27)24-9-12-42-30(15-24)18-39/h1-15,19-21H. The summed E-state index contributed by atoms with van der Waals surface area (Å²) >= 11 is 0. The van der Waals surface area contributed by atoms with Crippen molar-refractivity contribution in [3.8, 4) is 86.1 Å². The normalized spacial score (nSPS) is 10.4. The minimum Gasteiger partial charge on any atom is -0.255 e. The number of hydrogen-bond donors (Lipinski definition) is 0. The first kappa shape index (κ1) is 29.1. The maximum absolute atomic E-state index is 9.24. The van der Waals surface area contributed by atoms with E-state index in [-0.39, 0.29) is 0 Å². The van der Waals surface area contributed by atoms with E-state index in [0.717, 1.165) is 16.7 Å². The van der Waals surface area contributed by atoms with Gasteiger partial charge in [0.2, 0.25) is 0 Å². The topological polar surface area (TPSA) is 187 Å². The molecule has 0 spiro atoms. The fourth-order valence-corrected chi connectivity index (χ4v) is 4.81. The lowest BCUT2D eigenvalue weighted by molar-refractivity contribution is 1.06. The summed E-state index contributed by atoms with van der Waals surface area (Å²) in [7, 11) is 0. The van der Waals surface area contributed by atoms with Gasteiger partial charge in [0.05, 0.1) is 17.1 Å². The molecule has 12 heteroatoms. The van der Waals surface area contributed by atoms with E-state index in [4.69, 9.17) is 15.0 Å². The third kappa shape index (κ3) is 6.02. The smallest absolute Gasteiger partial charge is 0.165 e. The van der Waals surface area contributed by atoms with Gasteiger partial charge in [0.15, 0.2) is 17.5 Å². The molecular formula is C36H18N12. The van der Waals surface area contributed by atoms with Crippen molar-refractivity contribution in [3.05, 3.63) is 127 Å². The van der Waals surface area contributed by atoms with Crippen LogP contribution in [0.3, 0.4) is 0 Å². The van der Waals surface area contributed by atoms with E-state index in [1.54, 1.807) is 73.6 Å². The Morgan fingerprint density at radius 1 is 0.354 bits per heavy atom. The Bertz CT molecular complexity index is 2140. The fourth-order valence-electron chi connectivity index (χ4n) is 4.81. The monoisotopic (exact) mass is 618 g/mol. The fraction of sp³-hybridized carbons (Fsp3) is 0. The van der Waals surface area contributed by atoms with Crippen molar-refractivity contribution in [2.75, 3.05) is 0 Å². The molecule has 222 valence electrons. The molecule has 0 amide bonds. The Kier molecular flexibility index (Phi) is 7.75. The molecule has 0 unspecified atom stereocenters. The van der Waals surface area contributed by atoms with Crippen LogP contribution < -0.4 is 0 Å². The summed E-state index contributed by atoms with van der Waals surface area (Å²) in [4.78, 5) is 40.2. The lowest BCUT2D eigenvalue weighted by Gasteiger charge is -2.09. The number of nitrogens with zero attached hydrogens (tertiary/aromatic N) is 12. The SMILES string of the molecule is N#Cc1cc(-c2ccc(-c3nc(-c4ccc(-c5ccnc(C#N)c5)nc4)nc(-c4ccc(-c5ccnc(C#N)c5)nc4)n3)cn2)ccn1. The average molecular weight is 619 g/mol. The van der Waals surface area contributed by atoms with Gasteiger partial charge in [-0.2, -0.15) is 15.8 Å². The molecule has 7 rings (SSSR count). The summed E-state index contributed by atoms with van der Waals surface area (Å²) in [5, 5.41) is 27.7. The summed E-state index contributed by atoms with van der Waals surface area (Å²) < 4.78 is 0. The van der Waals surface area contributed by atoms with Crippen molar-refractivity contribution >= 4 is 0 Å². The van der Waals surface area contributed by atoms with E-state index < -0.39 is 0 Å². The van der Waals surface area contributed by atoms with Gasteiger partial charge < -0.3 is 0 Å². The van der Waals surface area contributed by atoms with Crippen LogP contribution >= 0.6 is 0 Å². The lowest BCUT2D eigenvalue weighted by atomic mass is 10.1. The molecule has 0 aliphatic rings. The first-order chi connectivity index (χ1) is 23.6. The number of rotatable bonds is 6. The molecule has 7 aromatic rings. The van der Waals surface area contributed by atoms with Gasteiger partial charge in [0.1, 0.15) is 35.3 Å². The Morgan fingerprint density at radius 3 is 0.917 bits per heavy atom. The highest BCUT2D eigenvalue weighted by Crippen LogP contribution is 2.28. The van der Waals surface area contributed by atoms with Crippen molar-refractivity contribution in [1.82, 2.24) is 44.9 Å². The molecule has 7 aromatic heterocycles. The van der Waals surface area contributed by atoms with Gasteiger partial charge >= 0.3 is 0 Å². The minimum atomic E-state index is 0.299. The molecule has 0 bridgehead atoms. The molecule has 0 atom stereocenters. The first-order valence-electron chi connectivity index (χ1n) is 14.3. The van der Waals surface area contributed by atoms with E-state index in [0.29, 0.717) is 68.3 Å². The van der Waals surface area contributed by atoms with E-state index in [2.05, 4.69) is 29.9 Å². The quantitative estimate of drug-likeness (QED) is 0.216. The summed E-state index contributed by atoms with van der Waals surface area (Å²) in [5.41, 5.74) is 7.11. The average Bonchev–Trinajstić information content (AvgIpc) is 3.18. The van der Waals surface area contributed by atoms with Gasteiger partial charge in [0.25, 0.3) is 0 Å². The number of hydrogen-bond acceptors (Lipinski definition) is 12. The number of aromatic nitrogens is 9. The molecule has 0 N–H and O–H groups in total. The second-order valence-corrected chi connectivity index (χ2v) is 10.2. The highest BCUT2D eigenvalue weighted by Gasteiger charge is 2.15. The zero-order valence-corrected chi connectivity index (χ0v) is 24.8. The second-order valence-electron chi connectivity index (χ2n) is 10.2. The van der Waals surface area contributed by atoms with Gasteiger partial charge in [-0.3, -0.25) is 15.0 Å². The van der Waals surface area contributed by atoms with Crippen LogP contribution in [0.25, 0.3) is 67.9 Å². The molecule has 0 aliphatic heterocycles. The van der Waals surface area contributed by atoms with Gasteiger partial charge in [0, 0.05) is 70.6 Å². The van der Waals surface area contributed by atoms with Crippen molar-refractivity contribution in [2.24, 2.45) is 0 Å². The molecule has 0 aromatic carbocycles. The first-order valence-corrected chi connectivity index (χ1v) is 14.3. The van der Waals surface area contributed by atoms with Gasteiger partial charge in [-0.05, 0) is 72.8 Å². The highest BCUT2D eigenvalue weighted by atomic mass is 15.0. The molecule has 12 nitrogen and oxygen atoms in total. The predicted molar refractivity (Wildman–Crippen MR) is 173 cm³/mol. The Morgan fingerprint density at radius 2 is 0.667 bits per heavy atom. The van der Waals surface area contributed by atoms with Crippen LogP contribution in [-0.2, 0) is 0 Å². The number of nitriles is 3.